The summed E-state index contributed by atoms with van der Waals surface area (Å²) in [5.74, 6) is 1.82. The van der Waals surface area contributed by atoms with Crippen molar-refractivity contribution in [1.82, 2.24) is 9.97 Å². The molecule has 0 aromatic carbocycles. The lowest BCUT2D eigenvalue weighted by molar-refractivity contribution is 1.00. The summed E-state index contributed by atoms with van der Waals surface area (Å²) in [6, 6.07) is 4.24. The smallest absolute Gasteiger partial charge is 0.134 e. The monoisotopic (exact) mass is 262 g/mol. The number of rotatable bonds is 6. The van der Waals surface area contributed by atoms with Gasteiger partial charge in [-0.05, 0) is 31.7 Å². The molecule has 0 atom stereocenters. The van der Waals surface area contributed by atoms with Gasteiger partial charge in [0, 0.05) is 23.5 Å². The molecule has 0 spiro atoms. The largest absolute Gasteiger partial charge is 0.370 e. The molecule has 4 nitrogen and oxygen atoms in total. The lowest BCUT2D eigenvalue weighted by Gasteiger charge is -2.11. The van der Waals surface area contributed by atoms with Crippen LogP contribution in [0.3, 0.4) is 0 Å². The fraction of sp³-hybridized carbons (Fsp3) is 0.385. The number of hydrogen-bond donors (Lipinski definition) is 2. The maximum Gasteiger partial charge on any atom is 0.134 e. The minimum Gasteiger partial charge on any atom is -0.370 e. The van der Waals surface area contributed by atoms with E-state index in [-0.39, 0.29) is 0 Å². The molecule has 96 valence electrons. The van der Waals surface area contributed by atoms with Crippen molar-refractivity contribution in [2.45, 2.75) is 20.3 Å². The van der Waals surface area contributed by atoms with Crippen LogP contribution in [-0.2, 0) is 6.42 Å². The van der Waals surface area contributed by atoms with Crippen molar-refractivity contribution < 1.29 is 0 Å². The zero-order valence-electron chi connectivity index (χ0n) is 10.7. The van der Waals surface area contributed by atoms with E-state index in [9.17, 15) is 0 Å². The van der Waals surface area contributed by atoms with Gasteiger partial charge < -0.3 is 10.6 Å². The van der Waals surface area contributed by atoms with E-state index in [1.165, 1.54) is 4.88 Å². The molecule has 0 aliphatic rings. The van der Waals surface area contributed by atoms with E-state index in [0.717, 1.165) is 36.7 Å². The van der Waals surface area contributed by atoms with E-state index in [1.54, 1.807) is 17.7 Å². The highest BCUT2D eigenvalue weighted by molar-refractivity contribution is 7.09. The lowest BCUT2D eigenvalue weighted by Crippen LogP contribution is -2.10. The second kappa shape index (κ2) is 6.35. The second-order valence-electron chi connectivity index (χ2n) is 3.98. The van der Waals surface area contributed by atoms with Gasteiger partial charge in [-0.1, -0.05) is 6.07 Å². The van der Waals surface area contributed by atoms with Crippen molar-refractivity contribution in [3.05, 3.63) is 34.3 Å². The molecule has 2 heterocycles. The Hall–Kier alpha value is -1.62. The Kier molecular flexibility index (Phi) is 4.52. The number of aromatic nitrogens is 2. The number of nitrogens with one attached hydrogen (secondary N) is 2. The molecule has 0 saturated carbocycles. The Balaban J connectivity index is 1.94. The topological polar surface area (TPSA) is 49.8 Å². The summed E-state index contributed by atoms with van der Waals surface area (Å²) in [5.41, 5.74) is 1.07. The SMILES string of the molecule is CCNc1ncnc(NCCc2cccs2)c1C. The molecule has 0 aliphatic heterocycles. The molecular formula is C13H18N4S. The van der Waals surface area contributed by atoms with Gasteiger partial charge in [-0.2, -0.15) is 0 Å². The van der Waals surface area contributed by atoms with E-state index in [4.69, 9.17) is 0 Å². The van der Waals surface area contributed by atoms with Crippen molar-refractivity contribution in [1.29, 1.82) is 0 Å². The van der Waals surface area contributed by atoms with E-state index >= 15 is 0 Å². The van der Waals surface area contributed by atoms with Gasteiger partial charge in [-0.25, -0.2) is 9.97 Å². The minimum atomic E-state index is 0.868. The van der Waals surface area contributed by atoms with Crippen LogP contribution in [0.2, 0.25) is 0 Å². The first-order valence-electron chi connectivity index (χ1n) is 6.13. The summed E-state index contributed by atoms with van der Waals surface area (Å²) < 4.78 is 0. The molecule has 0 radical (unpaired) electrons. The minimum absolute atomic E-state index is 0.868. The summed E-state index contributed by atoms with van der Waals surface area (Å²) in [7, 11) is 0. The van der Waals surface area contributed by atoms with Crippen LogP contribution in [-0.4, -0.2) is 23.1 Å². The van der Waals surface area contributed by atoms with Gasteiger partial charge >= 0.3 is 0 Å². The van der Waals surface area contributed by atoms with Crippen LogP contribution in [0.4, 0.5) is 11.6 Å². The van der Waals surface area contributed by atoms with Crippen molar-refractivity contribution in [2.24, 2.45) is 0 Å². The van der Waals surface area contributed by atoms with Gasteiger partial charge in [-0.3, -0.25) is 0 Å². The van der Waals surface area contributed by atoms with Crippen LogP contribution in [0.15, 0.2) is 23.8 Å². The van der Waals surface area contributed by atoms with Gasteiger partial charge in [-0.15, -0.1) is 11.3 Å². The molecule has 18 heavy (non-hydrogen) atoms. The molecule has 0 aliphatic carbocycles. The van der Waals surface area contributed by atoms with Crippen molar-refractivity contribution in [3.8, 4) is 0 Å². The van der Waals surface area contributed by atoms with Crippen molar-refractivity contribution >= 4 is 23.0 Å². The van der Waals surface area contributed by atoms with E-state index in [1.807, 2.05) is 6.92 Å². The molecule has 2 N–H and O–H groups in total. The third kappa shape index (κ3) is 3.20. The normalized spacial score (nSPS) is 10.3. The third-order valence-electron chi connectivity index (χ3n) is 2.67. The lowest BCUT2D eigenvalue weighted by atomic mass is 10.3. The number of hydrogen-bond acceptors (Lipinski definition) is 5. The Morgan fingerprint density at radius 1 is 1.22 bits per heavy atom. The van der Waals surface area contributed by atoms with Gasteiger partial charge in [0.2, 0.25) is 0 Å². The maximum absolute atomic E-state index is 4.28. The number of nitrogens with zero attached hydrogens (tertiary/aromatic N) is 2. The summed E-state index contributed by atoms with van der Waals surface area (Å²) in [5, 5.41) is 8.70. The van der Waals surface area contributed by atoms with Crippen LogP contribution in [0, 0.1) is 6.92 Å². The van der Waals surface area contributed by atoms with Gasteiger partial charge in [0.1, 0.15) is 18.0 Å². The Morgan fingerprint density at radius 3 is 2.67 bits per heavy atom. The third-order valence-corrected chi connectivity index (χ3v) is 3.61. The molecule has 0 saturated heterocycles. The molecule has 2 aromatic rings. The van der Waals surface area contributed by atoms with E-state index < -0.39 is 0 Å². The maximum atomic E-state index is 4.28. The fourth-order valence-corrected chi connectivity index (χ4v) is 2.44. The zero-order valence-corrected chi connectivity index (χ0v) is 11.5. The second-order valence-corrected chi connectivity index (χ2v) is 5.01. The molecule has 2 rings (SSSR count). The van der Waals surface area contributed by atoms with Crippen LogP contribution >= 0.6 is 11.3 Å². The summed E-state index contributed by atoms with van der Waals surface area (Å²) in [4.78, 5) is 9.90. The average molecular weight is 262 g/mol. The first kappa shape index (κ1) is 12.8. The first-order chi connectivity index (χ1) is 8.81. The van der Waals surface area contributed by atoms with Crippen LogP contribution in [0.1, 0.15) is 17.4 Å². The quantitative estimate of drug-likeness (QED) is 0.840. The van der Waals surface area contributed by atoms with Gasteiger partial charge in [0.25, 0.3) is 0 Å². The Bertz CT molecular complexity index is 482. The highest BCUT2D eigenvalue weighted by Gasteiger charge is 2.05. The predicted molar refractivity (Wildman–Crippen MR) is 77.4 cm³/mol. The van der Waals surface area contributed by atoms with E-state index in [2.05, 4.69) is 45.0 Å². The summed E-state index contributed by atoms with van der Waals surface area (Å²) in [6.45, 7) is 5.85. The number of anilines is 2. The Morgan fingerprint density at radius 2 is 2.00 bits per heavy atom. The Labute approximate surface area is 111 Å². The average Bonchev–Trinajstić information content (AvgIpc) is 2.87. The zero-order chi connectivity index (χ0) is 12.8. The first-order valence-corrected chi connectivity index (χ1v) is 7.01. The molecule has 0 unspecified atom stereocenters. The highest BCUT2D eigenvalue weighted by atomic mass is 32.1. The van der Waals surface area contributed by atoms with Crippen molar-refractivity contribution in [3.63, 3.8) is 0 Å². The molecule has 2 aromatic heterocycles. The molecule has 5 heteroatoms. The molecular weight excluding hydrogens is 244 g/mol. The highest BCUT2D eigenvalue weighted by Crippen LogP contribution is 2.18. The predicted octanol–water partition coefficient (Wildman–Crippen LogP) is 2.93. The van der Waals surface area contributed by atoms with Crippen LogP contribution < -0.4 is 10.6 Å². The summed E-state index contributed by atoms with van der Waals surface area (Å²) in [6.07, 6.45) is 2.62. The van der Waals surface area contributed by atoms with Gasteiger partial charge in [0.05, 0.1) is 0 Å². The summed E-state index contributed by atoms with van der Waals surface area (Å²) >= 11 is 1.79. The van der Waals surface area contributed by atoms with Gasteiger partial charge in [0.15, 0.2) is 0 Å². The molecule has 0 fully saturated rings. The van der Waals surface area contributed by atoms with Crippen molar-refractivity contribution in [2.75, 3.05) is 23.7 Å². The standard InChI is InChI=1S/C13H18N4S/c1-3-14-12-10(2)13(17-9-16-12)15-7-6-11-5-4-8-18-11/h4-5,8-9H,3,6-7H2,1-2H3,(H2,14,15,16,17). The van der Waals surface area contributed by atoms with Crippen LogP contribution in [0.5, 0.6) is 0 Å². The molecule has 0 bridgehead atoms. The van der Waals surface area contributed by atoms with Crippen LogP contribution in [0.25, 0.3) is 0 Å². The molecule has 0 amide bonds. The number of thiophene rings is 1. The van der Waals surface area contributed by atoms with E-state index in [0.29, 0.717) is 0 Å². The fourth-order valence-electron chi connectivity index (χ4n) is 1.73.